The first-order valence-electron chi connectivity index (χ1n) is 4.73. The van der Waals surface area contributed by atoms with Gasteiger partial charge in [-0.2, -0.15) is 0 Å². The largest absolute Gasteiger partial charge is 0.423 e. The topological polar surface area (TPSA) is 43.4 Å². The maximum absolute atomic E-state index is 11.3. The van der Waals surface area contributed by atoms with Gasteiger partial charge in [0.15, 0.2) is 5.75 Å². The van der Waals surface area contributed by atoms with E-state index in [-0.39, 0.29) is 22.2 Å². The van der Waals surface area contributed by atoms with Crippen molar-refractivity contribution in [2.45, 2.75) is 19.3 Å². The third-order valence-corrected chi connectivity index (χ3v) is 2.43. The van der Waals surface area contributed by atoms with Gasteiger partial charge in [0, 0.05) is 12.8 Å². The van der Waals surface area contributed by atoms with Crippen molar-refractivity contribution in [2.24, 2.45) is 0 Å². The number of halogens is 2. The quantitative estimate of drug-likeness (QED) is 0.353. The summed E-state index contributed by atoms with van der Waals surface area (Å²) < 4.78 is 5.00. The Bertz CT molecular complexity index is 371. The molecule has 0 aliphatic heterocycles. The van der Waals surface area contributed by atoms with E-state index in [4.69, 9.17) is 27.9 Å². The predicted octanol–water partition coefficient (Wildman–Crippen LogP) is 3.27. The highest BCUT2D eigenvalue weighted by atomic mass is 35.5. The molecule has 0 aliphatic carbocycles. The number of hydrogen-bond acceptors (Lipinski definition) is 3. The van der Waals surface area contributed by atoms with Crippen LogP contribution in [0, 0.1) is 0 Å². The van der Waals surface area contributed by atoms with Gasteiger partial charge in [0.1, 0.15) is 6.29 Å². The highest BCUT2D eigenvalue weighted by Crippen LogP contribution is 2.32. The molecule has 0 atom stereocenters. The lowest BCUT2D eigenvalue weighted by molar-refractivity contribution is -0.134. The van der Waals surface area contributed by atoms with Crippen LogP contribution in [0.25, 0.3) is 0 Å². The first-order valence-corrected chi connectivity index (χ1v) is 5.49. The molecule has 1 aromatic rings. The summed E-state index contributed by atoms with van der Waals surface area (Å²) in [6.45, 7) is 0. The molecule has 1 rings (SSSR count). The zero-order valence-corrected chi connectivity index (χ0v) is 9.92. The van der Waals surface area contributed by atoms with Gasteiger partial charge in [-0.3, -0.25) is 4.79 Å². The average molecular weight is 261 g/mol. The second-order valence-corrected chi connectivity index (χ2v) is 3.90. The summed E-state index contributed by atoms with van der Waals surface area (Å²) in [5.74, 6) is -0.279. The number of rotatable bonds is 5. The lowest BCUT2D eigenvalue weighted by Gasteiger charge is -2.07. The third kappa shape index (κ3) is 3.83. The molecule has 0 bridgehead atoms. The van der Waals surface area contributed by atoms with Gasteiger partial charge >= 0.3 is 5.97 Å². The minimum atomic E-state index is -0.447. The van der Waals surface area contributed by atoms with Crippen LogP contribution in [0.4, 0.5) is 0 Å². The smallest absolute Gasteiger partial charge is 0.311 e. The van der Waals surface area contributed by atoms with E-state index in [0.717, 1.165) is 6.29 Å². The number of unbranched alkanes of at least 4 members (excludes halogenated alkanes) is 1. The van der Waals surface area contributed by atoms with E-state index in [1.807, 2.05) is 0 Å². The first kappa shape index (κ1) is 13.0. The number of aldehydes is 1. The number of benzene rings is 1. The number of esters is 1. The lowest BCUT2D eigenvalue weighted by atomic mass is 10.2. The fraction of sp³-hybridized carbons (Fsp3) is 0.273. The van der Waals surface area contributed by atoms with Crippen molar-refractivity contribution in [3.63, 3.8) is 0 Å². The van der Waals surface area contributed by atoms with Crippen molar-refractivity contribution < 1.29 is 14.3 Å². The highest BCUT2D eigenvalue weighted by Gasteiger charge is 2.11. The number of ether oxygens (including phenoxy) is 1. The van der Waals surface area contributed by atoms with Crippen molar-refractivity contribution in [3.8, 4) is 5.75 Å². The van der Waals surface area contributed by atoms with Gasteiger partial charge in [-0.1, -0.05) is 29.3 Å². The SMILES string of the molecule is O=CCCCC(=O)Oc1c(Cl)cccc1Cl. The molecule has 0 N–H and O–H groups in total. The van der Waals surface area contributed by atoms with Crippen molar-refractivity contribution in [2.75, 3.05) is 0 Å². The van der Waals surface area contributed by atoms with E-state index in [1.165, 1.54) is 0 Å². The van der Waals surface area contributed by atoms with E-state index in [0.29, 0.717) is 12.8 Å². The summed E-state index contributed by atoms with van der Waals surface area (Å²) in [7, 11) is 0. The van der Waals surface area contributed by atoms with Crippen LogP contribution in [0.1, 0.15) is 19.3 Å². The molecule has 5 heteroatoms. The van der Waals surface area contributed by atoms with Crippen molar-refractivity contribution in [1.29, 1.82) is 0 Å². The molecular formula is C11H10Cl2O3. The van der Waals surface area contributed by atoms with Crippen LogP contribution in [0.2, 0.25) is 10.0 Å². The average Bonchev–Trinajstić information content (AvgIpc) is 2.24. The predicted molar refractivity (Wildman–Crippen MR) is 62.0 cm³/mol. The second kappa shape index (κ2) is 6.51. The van der Waals surface area contributed by atoms with Gasteiger partial charge < -0.3 is 9.53 Å². The molecule has 0 radical (unpaired) electrons. The number of carbonyl (C=O) groups is 2. The number of hydrogen-bond donors (Lipinski definition) is 0. The number of para-hydroxylation sites is 1. The molecule has 0 spiro atoms. The van der Waals surface area contributed by atoms with Crippen molar-refractivity contribution >= 4 is 35.5 Å². The van der Waals surface area contributed by atoms with Gasteiger partial charge in [-0.15, -0.1) is 0 Å². The summed E-state index contributed by atoms with van der Waals surface area (Å²) in [6, 6.07) is 4.83. The summed E-state index contributed by atoms with van der Waals surface area (Å²) in [5.41, 5.74) is 0. The highest BCUT2D eigenvalue weighted by molar-refractivity contribution is 6.37. The van der Waals surface area contributed by atoms with Crippen molar-refractivity contribution in [3.05, 3.63) is 28.2 Å². The summed E-state index contributed by atoms with van der Waals surface area (Å²) in [5, 5.41) is 0.576. The fourth-order valence-electron chi connectivity index (χ4n) is 1.07. The molecule has 0 heterocycles. The molecule has 0 aliphatic rings. The van der Waals surface area contributed by atoms with Gasteiger partial charge in [0.2, 0.25) is 0 Å². The fourth-order valence-corrected chi connectivity index (χ4v) is 1.55. The molecule has 86 valence electrons. The maximum atomic E-state index is 11.3. The molecule has 1 aromatic carbocycles. The third-order valence-electron chi connectivity index (χ3n) is 1.84. The molecular weight excluding hydrogens is 251 g/mol. The monoisotopic (exact) mass is 260 g/mol. The van der Waals surface area contributed by atoms with Crippen LogP contribution in [0.15, 0.2) is 18.2 Å². The molecule has 0 saturated heterocycles. The van der Waals surface area contributed by atoms with Crippen LogP contribution < -0.4 is 4.74 Å². The standard InChI is InChI=1S/C11H10Cl2O3/c12-8-4-3-5-9(13)11(8)16-10(15)6-1-2-7-14/h3-5,7H,1-2,6H2. The van der Waals surface area contributed by atoms with Crippen LogP contribution in [-0.2, 0) is 9.59 Å². The van der Waals surface area contributed by atoms with E-state index >= 15 is 0 Å². The van der Waals surface area contributed by atoms with E-state index in [2.05, 4.69) is 0 Å². The second-order valence-electron chi connectivity index (χ2n) is 3.08. The molecule has 16 heavy (non-hydrogen) atoms. The molecule has 0 saturated carbocycles. The maximum Gasteiger partial charge on any atom is 0.311 e. The number of carbonyl (C=O) groups excluding carboxylic acids is 2. The molecule has 0 aromatic heterocycles. The molecule has 0 amide bonds. The summed E-state index contributed by atoms with van der Waals surface area (Å²) in [4.78, 5) is 21.4. The Morgan fingerprint density at radius 1 is 1.31 bits per heavy atom. The normalized spacial score (nSPS) is 9.88. The Balaban J connectivity index is 2.59. The van der Waals surface area contributed by atoms with E-state index in [1.54, 1.807) is 18.2 Å². The van der Waals surface area contributed by atoms with Gasteiger partial charge in [0.05, 0.1) is 10.0 Å². The Morgan fingerprint density at radius 2 is 1.94 bits per heavy atom. The van der Waals surface area contributed by atoms with Gasteiger partial charge in [-0.25, -0.2) is 0 Å². The zero-order chi connectivity index (χ0) is 12.0. The minimum absolute atomic E-state index is 0.167. The Morgan fingerprint density at radius 3 is 2.50 bits per heavy atom. The summed E-state index contributed by atoms with van der Waals surface area (Å²) in [6.07, 6.45) is 1.73. The van der Waals surface area contributed by atoms with E-state index in [9.17, 15) is 9.59 Å². The minimum Gasteiger partial charge on any atom is -0.423 e. The van der Waals surface area contributed by atoms with Crippen molar-refractivity contribution in [1.82, 2.24) is 0 Å². The Labute approximate surface area is 103 Å². The van der Waals surface area contributed by atoms with E-state index < -0.39 is 5.97 Å². The van der Waals surface area contributed by atoms with Gasteiger partial charge in [-0.05, 0) is 18.6 Å². The van der Waals surface area contributed by atoms with Gasteiger partial charge in [0.25, 0.3) is 0 Å². The lowest BCUT2D eigenvalue weighted by Crippen LogP contribution is -2.08. The Hall–Kier alpha value is -1.06. The molecule has 3 nitrogen and oxygen atoms in total. The zero-order valence-electron chi connectivity index (χ0n) is 8.41. The van der Waals surface area contributed by atoms with Crippen LogP contribution in [-0.4, -0.2) is 12.3 Å². The van der Waals surface area contributed by atoms with Crippen LogP contribution in [0.5, 0.6) is 5.75 Å². The molecule has 0 fully saturated rings. The van der Waals surface area contributed by atoms with Crippen LogP contribution in [0.3, 0.4) is 0 Å². The summed E-state index contributed by atoms with van der Waals surface area (Å²) >= 11 is 11.6. The van der Waals surface area contributed by atoms with Crippen LogP contribution >= 0.6 is 23.2 Å². The molecule has 0 unspecified atom stereocenters. The Kier molecular flexibility index (Phi) is 5.29. The first-order chi connectivity index (χ1) is 7.65.